The van der Waals surface area contributed by atoms with Crippen LogP contribution in [0.5, 0.6) is 0 Å². The van der Waals surface area contributed by atoms with Crippen molar-refractivity contribution in [2.45, 2.75) is 37.3 Å². The first-order valence-electron chi connectivity index (χ1n) is 4.26. The number of hydrogen-bond acceptors (Lipinski definition) is 3. The van der Waals surface area contributed by atoms with Crippen LogP contribution in [0, 0.1) is 0 Å². The van der Waals surface area contributed by atoms with E-state index in [1.807, 2.05) is 11.8 Å². The third kappa shape index (κ3) is 1.19. The average Bonchev–Trinajstić information content (AvgIpc) is 2.46. The van der Waals surface area contributed by atoms with E-state index in [0.717, 1.165) is 6.61 Å². The molecule has 11 heavy (non-hydrogen) atoms. The van der Waals surface area contributed by atoms with Gasteiger partial charge < -0.3 is 4.74 Å². The van der Waals surface area contributed by atoms with Gasteiger partial charge in [-0.05, 0) is 13.8 Å². The predicted octanol–water partition coefficient (Wildman–Crippen LogP) is 1.22. The fraction of sp³-hybridized carbons (Fsp3) is 1.00. The van der Waals surface area contributed by atoms with Crippen LogP contribution in [0.4, 0.5) is 0 Å². The molecular formula is C8H15NOS. The molecule has 0 aromatic heterocycles. The van der Waals surface area contributed by atoms with Crippen LogP contribution in [0.25, 0.3) is 0 Å². The molecule has 2 nitrogen and oxygen atoms in total. The monoisotopic (exact) mass is 173 g/mol. The van der Waals surface area contributed by atoms with Gasteiger partial charge in [0.15, 0.2) is 0 Å². The van der Waals surface area contributed by atoms with Crippen LogP contribution in [0.2, 0.25) is 0 Å². The van der Waals surface area contributed by atoms with E-state index in [2.05, 4.69) is 19.2 Å². The van der Waals surface area contributed by atoms with Gasteiger partial charge in [-0.15, -0.1) is 11.8 Å². The molecular weight excluding hydrogens is 158 g/mol. The molecule has 1 N–H and O–H groups in total. The molecule has 2 heterocycles. The van der Waals surface area contributed by atoms with Crippen molar-refractivity contribution in [3.63, 3.8) is 0 Å². The minimum Gasteiger partial charge on any atom is -0.376 e. The molecule has 0 saturated carbocycles. The van der Waals surface area contributed by atoms with Gasteiger partial charge in [0.25, 0.3) is 0 Å². The maximum atomic E-state index is 5.56. The van der Waals surface area contributed by atoms with Crippen LogP contribution >= 0.6 is 11.8 Å². The molecule has 0 radical (unpaired) electrons. The molecule has 2 rings (SSSR count). The van der Waals surface area contributed by atoms with E-state index in [9.17, 15) is 0 Å². The highest BCUT2D eigenvalue weighted by Crippen LogP contribution is 2.41. The number of thioether (sulfide) groups is 1. The van der Waals surface area contributed by atoms with Gasteiger partial charge in [-0.25, -0.2) is 0 Å². The molecule has 64 valence electrons. The lowest BCUT2D eigenvalue weighted by Crippen LogP contribution is -2.45. The molecule has 0 bridgehead atoms. The Morgan fingerprint density at radius 2 is 2.36 bits per heavy atom. The second-order valence-electron chi connectivity index (χ2n) is 3.51. The lowest BCUT2D eigenvalue weighted by molar-refractivity contribution is 0.107. The quantitative estimate of drug-likeness (QED) is 0.595. The molecule has 1 spiro atoms. The summed E-state index contributed by atoms with van der Waals surface area (Å²) in [6.45, 7) is 5.34. The maximum Gasteiger partial charge on any atom is 0.0932 e. The van der Waals surface area contributed by atoms with Gasteiger partial charge >= 0.3 is 0 Å². The summed E-state index contributed by atoms with van der Waals surface area (Å²) in [7, 11) is 0. The number of nitrogens with one attached hydrogen (secondary N) is 1. The van der Waals surface area contributed by atoms with E-state index in [-0.39, 0.29) is 4.87 Å². The first kappa shape index (κ1) is 7.90. The summed E-state index contributed by atoms with van der Waals surface area (Å²) < 4.78 is 5.56. The summed E-state index contributed by atoms with van der Waals surface area (Å²) in [4.78, 5) is 0.263. The Kier molecular flexibility index (Phi) is 1.90. The zero-order chi connectivity index (χ0) is 7.90. The van der Waals surface area contributed by atoms with Crippen LogP contribution < -0.4 is 5.32 Å². The van der Waals surface area contributed by atoms with Crippen LogP contribution in [-0.4, -0.2) is 29.4 Å². The van der Waals surface area contributed by atoms with Crippen molar-refractivity contribution in [2.75, 3.05) is 12.4 Å². The SMILES string of the molecule is CC1CSC2(CCOC2C)N1. The largest absolute Gasteiger partial charge is 0.376 e. The summed E-state index contributed by atoms with van der Waals surface area (Å²) in [5.74, 6) is 1.23. The third-order valence-electron chi connectivity index (χ3n) is 2.58. The molecule has 2 aliphatic heterocycles. The average molecular weight is 173 g/mol. The Hall–Kier alpha value is 0.270. The van der Waals surface area contributed by atoms with E-state index in [0.29, 0.717) is 12.1 Å². The molecule has 0 aliphatic carbocycles. The number of ether oxygens (including phenoxy) is 1. The molecule has 0 aromatic carbocycles. The van der Waals surface area contributed by atoms with Gasteiger partial charge in [-0.3, -0.25) is 5.32 Å². The molecule has 0 aromatic rings. The second-order valence-corrected chi connectivity index (χ2v) is 4.86. The fourth-order valence-electron chi connectivity index (χ4n) is 1.88. The Balaban J connectivity index is 2.10. The lowest BCUT2D eigenvalue weighted by Gasteiger charge is -2.26. The molecule has 2 aliphatic rings. The number of hydrogen-bond donors (Lipinski definition) is 1. The maximum absolute atomic E-state index is 5.56. The van der Waals surface area contributed by atoms with Crippen LogP contribution in [0.1, 0.15) is 20.3 Å². The van der Waals surface area contributed by atoms with Gasteiger partial charge in [-0.1, -0.05) is 0 Å². The Morgan fingerprint density at radius 1 is 1.55 bits per heavy atom. The van der Waals surface area contributed by atoms with Crippen molar-refractivity contribution in [1.82, 2.24) is 5.32 Å². The van der Waals surface area contributed by atoms with Crippen molar-refractivity contribution in [1.29, 1.82) is 0 Å². The Labute approximate surface area is 72.1 Å². The highest BCUT2D eigenvalue weighted by atomic mass is 32.2. The fourth-order valence-corrected chi connectivity index (χ4v) is 3.32. The van der Waals surface area contributed by atoms with Crippen molar-refractivity contribution in [2.24, 2.45) is 0 Å². The summed E-state index contributed by atoms with van der Waals surface area (Å²) in [6.07, 6.45) is 1.56. The van der Waals surface area contributed by atoms with E-state index in [1.165, 1.54) is 12.2 Å². The van der Waals surface area contributed by atoms with Gasteiger partial charge in [0.1, 0.15) is 0 Å². The van der Waals surface area contributed by atoms with Crippen molar-refractivity contribution in [3.8, 4) is 0 Å². The van der Waals surface area contributed by atoms with Crippen LogP contribution in [0.15, 0.2) is 0 Å². The van der Waals surface area contributed by atoms with Gasteiger partial charge in [0.05, 0.1) is 11.0 Å². The third-order valence-corrected chi connectivity index (χ3v) is 4.42. The molecule has 0 amide bonds. The van der Waals surface area contributed by atoms with Crippen molar-refractivity contribution < 1.29 is 4.74 Å². The van der Waals surface area contributed by atoms with Crippen LogP contribution in [-0.2, 0) is 4.74 Å². The molecule has 3 atom stereocenters. The number of rotatable bonds is 0. The summed E-state index contributed by atoms with van der Waals surface area (Å²) in [5, 5.41) is 3.62. The molecule has 3 heteroatoms. The van der Waals surface area contributed by atoms with Gasteiger partial charge in [-0.2, -0.15) is 0 Å². The zero-order valence-electron chi connectivity index (χ0n) is 7.09. The molecule has 2 saturated heterocycles. The minimum absolute atomic E-state index is 0.263. The van der Waals surface area contributed by atoms with Gasteiger partial charge in [0, 0.05) is 24.8 Å². The van der Waals surface area contributed by atoms with Gasteiger partial charge in [0.2, 0.25) is 0 Å². The highest BCUT2D eigenvalue weighted by molar-refractivity contribution is 8.01. The minimum atomic E-state index is 0.263. The van der Waals surface area contributed by atoms with Crippen molar-refractivity contribution >= 4 is 11.8 Å². The predicted molar refractivity (Wildman–Crippen MR) is 47.8 cm³/mol. The standard InChI is InChI=1S/C8H15NOS/c1-6-5-11-8(9-6)3-4-10-7(8)2/h6-7,9H,3-5H2,1-2H3. The van der Waals surface area contributed by atoms with Crippen molar-refractivity contribution in [3.05, 3.63) is 0 Å². The normalized spacial score (nSPS) is 50.7. The lowest BCUT2D eigenvalue weighted by atomic mass is 10.1. The van der Waals surface area contributed by atoms with Crippen LogP contribution in [0.3, 0.4) is 0 Å². The Morgan fingerprint density at radius 3 is 2.82 bits per heavy atom. The highest BCUT2D eigenvalue weighted by Gasteiger charge is 2.46. The topological polar surface area (TPSA) is 21.3 Å². The first-order valence-corrected chi connectivity index (χ1v) is 5.25. The smallest absolute Gasteiger partial charge is 0.0932 e. The molecule has 3 unspecified atom stereocenters. The van der Waals surface area contributed by atoms with E-state index in [4.69, 9.17) is 4.74 Å². The summed E-state index contributed by atoms with van der Waals surface area (Å²) in [5.41, 5.74) is 0. The summed E-state index contributed by atoms with van der Waals surface area (Å²) >= 11 is 2.03. The Bertz CT molecular complexity index is 164. The molecule has 2 fully saturated rings. The first-order chi connectivity index (χ1) is 5.23. The van der Waals surface area contributed by atoms with E-state index in [1.54, 1.807) is 0 Å². The zero-order valence-corrected chi connectivity index (χ0v) is 7.91. The van der Waals surface area contributed by atoms with E-state index < -0.39 is 0 Å². The second kappa shape index (κ2) is 2.64. The van der Waals surface area contributed by atoms with E-state index >= 15 is 0 Å². The summed E-state index contributed by atoms with van der Waals surface area (Å²) in [6, 6.07) is 0.657.